The van der Waals surface area contributed by atoms with Gasteiger partial charge in [0.25, 0.3) is 0 Å². The molecule has 26 heavy (non-hydrogen) atoms. The van der Waals surface area contributed by atoms with E-state index in [2.05, 4.69) is 22.4 Å². The van der Waals surface area contributed by atoms with Crippen molar-refractivity contribution < 1.29 is 14.3 Å². The Hall–Kier alpha value is -3.12. The molecule has 0 heterocycles. The number of halogens is 1. The molecule has 0 aliphatic heterocycles. The van der Waals surface area contributed by atoms with Crippen LogP contribution in [0.3, 0.4) is 0 Å². The SMILES string of the molecule is C=CCOc1cccc(C=NNC(=O)C(=O)NCc2ccc(Cl)cc2)c1. The van der Waals surface area contributed by atoms with Crippen LogP contribution in [0.15, 0.2) is 66.3 Å². The van der Waals surface area contributed by atoms with E-state index in [4.69, 9.17) is 16.3 Å². The average molecular weight is 372 g/mol. The van der Waals surface area contributed by atoms with Gasteiger partial charge in [-0.2, -0.15) is 5.10 Å². The summed E-state index contributed by atoms with van der Waals surface area (Å²) in [7, 11) is 0. The zero-order chi connectivity index (χ0) is 18.8. The Bertz CT molecular complexity index is 804. The molecule has 2 aromatic carbocycles. The third-order valence-corrected chi connectivity index (χ3v) is 3.43. The Balaban J connectivity index is 1.81. The lowest BCUT2D eigenvalue weighted by Crippen LogP contribution is -2.37. The van der Waals surface area contributed by atoms with E-state index in [1.807, 2.05) is 0 Å². The molecule has 2 rings (SSSR count). The molecule has 134 valence electrons. The predicted molar refractivity (Wildman–Crippen MR) is 101 cm³/mol. The highest BCUT2D eigenvalue weighted by atomic mass is 35.5. The monoisotopic (exact) mass is 371 g/mol. The van der Waals surface area contributed by atoms with Gasteiger partial charge in [0.2, 0.25) is 0 Å². The van der Waals surface area contributed by atoms with Crippen molar-refractivity contribution in [3.05, 3.63) is 77.3 Å². The van der Waals surface area contributed by atoms with E-state index in [9.17, 15) is 9.59 Å². The molecular formula is C19H18ClN3O3. The van der Waals surface area contributed by atoms with Crippen molar-refractivity contribution in [3.63, 3.8) is 0 Å². The number of benzene rings is 2. The van der Waals surface area contributed by atoms with Crippen LogP contribution < -0.4 is 15.5 Å². The van der Waals surface area contributed by atoms with Gasteiger partial charge in [0, 0.05) is 11.6 Å². The second-order valence-corrected chi connectivity index (χ2v) is 5.62. The molecule has 0 atom stereocenters. The molecule has 0 saturated carbocycles. The fraction of sp³-hybridized carbons (Fsp3) is 0.105. The lowest BCUT2D eigenvalue weighted by Gasteiger charge is -2.05. The Morgan fingerprint density at radius 2 is 1.92 bits per heavy atom. The quantitative estimate of drug-likeness (QED) is 0.340. The highest BCUT2D eigenvalue weighted by Gasteiger charge is 2.11. The summed E-state index contributed by atoms with van der Waals surface area (Å²) in [5.41, 5.74) is 3.72. The first-order valence-corrected chi connectivity index (χ1v) is 8.15. The fourth-order valence-electron chi connectivity index (χ4n) is 1.92. The van der Waals surface area contributed by atoms with Crippen LogP contribution in [-0.4, -0.2) is 24.6 Å². The van der Waals surface area contributed by atoms with Gasteiger partial charge >= 0.3 is 11.8 Å². The zero-order valence-electron chi connectivity index (χ0n) is 13.9. The summed E-state index contributed by atoms with van der Waals surface area (Å²) in [5.74, 6) is -0.977. The van der Waals surface area contributed by atoms with Crippen LogP contribution in [0.4, 0.5) is 0 Å². The molecule has 6 nitrogen and oxygen atoms in total. The first-order valence-electron chi connectivity index (χ1n) is 7.78. The maximum Gasteiger partial charge on any atom is 0.329 e. The second kappa shape index (κ2) is 10.0. The molecule has 7 heteroatoms. The topological polar surface area (TPSA) is 79.8 Å². The van der Waals surface area contributed by atoms with Crippen LogP contribution in [0.5, 0.6) is 5.75 Å². The van der Waals surface area contributed by atoms with Gasteiger partial charge in [0.15, 0.2) is 0 Å². The van der Waals surface area contributed by atoms with Crippen molar-refractivity contribution in [2.75, 3.05) is 6.61 Å². The van der Waals surface area contributed by atoms with E-state index in [1.165, 1.54) is 6.21 Å². The third kappa shape index (κ3) is 6.41. The van der Waals surface area contributed by atoms with Crippen LogP contribution in [0.2, 0.25) is 5.02 Å². The summed E-state index contributed by atoms with van der Waals surface area (Å²) in [6.45, 7) is 4.19. The molecule has 2 amide bonds. The van der Waals surface area contributed by atoms with Crippen molar-refractivity contribution in [3.8, 4) is 5.75 Å². The first kappa shape index (κ1) is 19.2. The summed E-state index contributed by atoms with van der Waals surface area (Å²) in [5, 5.41) is 6.88. The van der Waals surface area contributed by atoms with E-state index < -0.39 is 11.8 Å². The van der Waals surface area contributed by atoms with E-state index >= 15 is 0 Å². The minimum atomic E-state index is -0.853. The van der Waals surface area contributed by atoms with E-state index in [-0.39, 0.29) is 6.54 Å². The molecule has 0 fully saturated rings. The molecule has 0 radical (unpaired) electrons. The predicted octanol–water partition coefficient (Wildman–Crippen LogP) is 2.67. The van der Waals surface area contributed by atoms with E-state index in [1.54, 1.807) is 54.6 Å². The van der Waals surface area contributed by atoms with Gasteiger partial charge in [-0.25, -0.2) is 5.43 Å². The Labute approximate surface area is 156 Å². The molecule has 0 unspecified atom stereocenters. The Morgan fingerprint density at radius 1 is 1.15 bits per heavy atom. The Kier molecular flexibility index (Phi) is 7.39. The maximum absolute atomic E-state index is 11.7. The number of ether oxygens (including phenoxy) is 1. The number of nitrogens with one attached hydrogen (secondary N) is 2. The lowest BCUT2D eigenvalue weighted by atomic mass is 10.2. The molecular weight excluding hydrogens is 354 g/mol. The number of hydrogen-bond acceptors (Lipinski definition) is 4. The van der Waals surface area contributed by atoms with Crippen molar-refractivity contribution >= 4 is 29.6 Å². The van der Waals surface area contributed by atoms with Gasteiger partial charge in [-0.3, -0.25) is 9.59 Å². The number of hydrazone groups is 1. The van der Waals surface area contributed by atoms with Gasteiger partial charge in [-0.05, 0) is 35.4 Å². The van der Waals surface area contributed by atoms with Crippen molar-refractivity contribution in [1.82, 2.24) is 10.7 Å². The number of carbonyl (C=O) groups excluding carboxylic acids is 2. The largest absolute Gasteiger partial charge is 0.490 e. The van der Waals surface area contributed by atoms with Crippen LogP contribution in [0, 0.1) is 0 Å². The smallest absolute Gasteiger partial charge is 0.329 e. The van der Waals surface area contributed by atoms with Crippen LogP contribution >= 0.6 is 11.6 Å². The van der Waals surface area contributed by atoms with Crippen LogP contribution in [0.25, 0.3) is 0 Å². The molecule has 2 N–H and O–H groups in total. The van der Waals surface area contributed by atoms with Crippen LogP contribution in [0.1, 0.15) is 11.1 Å². The van der Waals surface area contributed by atoms with Gasteiger partial charge in [-0.15, -0.1) is 0 Å². The molecule has 0 spiro atoms. The first-order chi connectivity index (χ1) is 12.6. The number of rotatable bonds is 7. The number of hydrogen-bond donors (Lipinski definition) is 2. The van der Waals surface area contributed by atoms with Crippen molar-refractivity contribution in [1.29, 1.82) is 0 Å². The normalized spacial score (nSPS) is 10.3. The summed E-state index contributed by atoms with van der Waals surface area (Å²) < 4.78 is 5.40. The van der Waals surface area contributed by atoms with Gasteiger partial charge < -0.3 is 10.1 Å². The van der Waals surface area contributed by atoms with Crippen LogP contribution in [-0.2, 0) is 16.1 Å². The van der Waals surface area contributed by atoms with E-state index in [0.717, 1.165) is 5.56 Å². The average Bonchev–Trinajstić information content (AvgIpc) is 2.66. The lowest BCUT2D eigenvalue weighted by molar-refractivity contribution is -0.139. The summed E-state index contributed by atoms with van der Waals surface area (Å²) in [6.07, 6.45) is 3.06. The number of nitrogens with zero attached hydrogens (tertiary/aromatic N) is 1. The molecule has 0 aliphatic rings. The fourth-order valence-corrected chi connectivity index (χ4v) is 2.05. The van der Waals surface area contributed by atoms with Gasteiger partial charge in [0.05, 0.1) is 6.21 Å². The standard InChI is InChI=1S/C19H18ClN3O3/c1-2-10-26-17-5-3-4-15(11-17)13-22-23-19(25)18(24)21-12-14-6-8-16(20)9-7-14/h2-9,11,13H,1,10,12H2,(H,21,24)(H,23,25). The highest BCUT2D eigenvalue weighted by molar-refractivity contribution is 6.35. The zero-order valence-corrected chi connectivity index (χ0v) is 14.7. The molecule has 0 saturated heterocycles. The third-order valence-electron chi connectivity index (χ3n) is 3.18. The molecule has 0 bridgehead atoms. The highest BCUT2D eigenvalue weighted by Crippen LogP contribution is 2.12. The summed E-state index contributed by atoms with van der Waals surface area (Å²) >= 11 is 5.79. The number of amides is 2. The Morgan fingerprint density at radius 3 is 2.65 bits per heavy atom. The molecule has 0 aliphatic carbocycles. The molecule has 2 aromatic rings. The van der Waals surface area contributed by atoms with Crippen molar-refractivity contribution in [2.24, 2.45) is 5.10 Å². The summed E-state index contributed by atoms with van der Waals surface area (Å²) in [4.78, 5) is 23.5. The minimum absolute atomic E-state index is 0.218. The van der Waals surface area contributed by atoms with Gasteiger partial charge in [0.1, 0.15) is 12.4 Å². The maximum atomic E-state index is 11.7. The minimum Gasteiger partial charge on any atom is -0.490 e. The molecule has 0 aromatic heterocycles. The number of carbonyl (C=O) groups is 2. The van der Waals surface area contributed by atoms with Crippen molar-refractivity contribution in [2.45, 2.75) is 6.54 Å². The second-order valence-electron chi connectivity index (χ2n) is 5.18. The summed E-state index contributed by atoms with van der Waals surface area (Å²) in [6, 6.07) is 14.1. The van der Waals surface area contributed by atoms with Gasteiger partial charge in [-0.1, -0.05) is 48.5 Å². The van der Waals surface area contributed by atoms with E-state index in [0.29, 0.717) is 22.9 Å².